The highest BCUT2D eigenvalue weighted by molar-refractivity contribution is 7.92. The topological polar surface area (TPSA) is 90.1 Å². The minimum Gasteiger partial charge on any atom is -0.293 e. The van der Waals surface area contributed by atoms with Gasteiger partial charge in [-0.2, -0.15) is 0 Å². The van der Waals surface area contributed by atoms with Crippen LogP contribution in [-0.4, -0.2) is 40.3 Å². The summed E-state index contributed by atoms with van der Waals surface area (Å²) in [6, 6.07) is 16.7. The lowest BCUT2D eigenvalue weighted by atomic mass is 10.0. The number of pyridine rings is 2. The molecule has 34 heavy (non-hydrogen) atoms. The van der Waals surface area contributed by atoms with E-state index in [1.54, 1.807) is 66.0 Å². The number of hydrogen-bond donors (Lipinski definition) is 0. The zero-order chi connectivity index (χ0) is 24.0. The van der Waals surface area contributed by atoms with Crippen molar-refractivity contribution in [1.82, 2.24) is 19.1 Å². The Morgan fingerprint density at radius 1 is 1.00 bits per heavy atom. The van der Waals surface area contributed by atoms with Gasteiger partial charge in [-0.15, -0.1) is 0 Å². The fourth-order valence-electron chi connectivity index (χ4n) is 4.12. The van der Waals surface area contributed by atoms with Crippen LogP contribution in [-0.2, 0) is 17.1 Å². The molecule has 0 N–H and O–H groups in total. The van der Waals surface area contributed by atoms with Gasteiger partial charge in [-0.1, -0.05) is 12.1 Å². The van der Waals surface area contributed by atoms with E-state index in [1.165, 1.54) is 11.4 Å². The summed E-state index contributed by atoms with van der Waals surface area (Å²) < 4.78 is 28.9. The van der Waals surface area contributed by atoms with Crippen molar-refractivity contribution in [1.29, 1.82) is 0 Å². The lowest BCUT2D eigenvalue weighted by Crippen LogP contribution is -2.28. The van der Waals surface area contributed by atoms with Crippen LogP contribution in [0.15, 0.2) is 78.0 Å². The maximum Gasteiger partial charge on any atom is 0.333 e. The summed E-state index contributed by atoms with van der Waals surface area (Å²) in [7, 11) is -0.137. The van der Waals surface area contributed by atoms with E-state index in [0.29, 0.717) is 16.9 Å². The second kappa shape index (κ2) is 8.11. The maximum atomic E-state index is 13.3. The number of sulfonamides is 1. The van der Waals surface area contributed by atoms with Gasteiger partial charge in [0, 0.05) is 37.4 Å². The minimum atomic E-state index is -3.38. The Morgan fingerprint density at radius 3 is 2.44 bits per heavy atom. The number of fused-ring (bicyclic) bond motifs is 3. The lowest BCUT2D eigenvalue weighted by Gasteiger charge is -2.18. The standard InChI is InChI=1S/C25H23N5O3S/c1-4-34(32,33)29(3)19-8-10-20(11-9-19)30-24-21-14-17(18-6-5-13-26-15-18)7-12-22(21)27-16-23(24)28(2)25(30)31/h5-16H,4H2,1-3H3. The number of aryl methyl sites for hydroxylation is 1. The van der Waals surface area contributed by atoms with E-state index in [1.807, 2.05) is 30.3 Å². The van der Waals surface area contributed by atoms with Gasteiger partial charge in [-0.25, -0.2) is 13.2 Å². The van der Waals surface area contributed by atoms with Crippen LogP contribution < -0.4 is 9.99 Å². The van der Waals surface area contributed by atoms with Crippen molar-refractivity contribution in [2.24, 2.45) is 7.05 Å². The highest BCUT2D eigenvalue weighted by Gasteiger charge is 2.19. The van der Waals surface area contributed by atoms with Gasteiger partial charge in [0.15, 0.2) is 0 Å². The molecule has 0 unspecified atom stereocenters. The molecule has 0 atom stereocenters. The first-order valence-corrected chi connectivity index (χ1v) is 12.4. The molecule has 8 nitrogen and oxygen atoms in total. The van der Waals surface area contributed by atoms with E-state index in [2.05, 4.69) is 9.97 Å². The Kier molecular flexibility index (Phi) is 5.21. The first kappa shape index (κ1) is 21.8. The Morgan fingerprint density at radius 2 is 1.76 bits per heavy atom. The summed E-state index contributed by atoms with van der Waals surface area (Å²) in [5.41, 5.74) is 5.12. The van der Waals surface area contributed by atoms with E-state index in [0.717, 1.165) is 27.5 Å². The van der Waals surface area contributed by atoms with Crippen molar-refractivity contribution in [3.8, 4) is 16.8 Å². The van der Waals surface area contributed by atoms with Gasteiger partial charge >= 0.3 is 5.69 Å². The van der Waals surface area contributed by atoms with Gasteiger partial charge in [0.05, 0.1) is 39.9 Å². The molecule has 172 valence electrons. The molecule has 5 aromatic rings. The average molecular weight is 474 g/mol. The zero-order valence-electron chi connectivity index (χ0n) is 19.0. The molecular formula is C25H23N5O3S. The Hall–Kier alpha value is -3.98. The predicted octanol–water partition coefficient (Wildman–Crippen LogP) is 3.73. The molecule has 0 radical (unpaired) electrons. The maximum absolute atomic E-state index is 13.3. The van der Waals surface area contributed by atoms with E-state index < -0.39 is 10.0 Å². The summed E-state index contributed by atoms with van der Waals surface area (Å²) in [5.74, 6) is 0.00624. The molecule has 0 saturated carbocycles. The molecule has 3 aromatic heterocycles. The quantitative estimate of drug-likeness (QED) is 0.388. The number of imidazole rings is 1. The third-order valence-corrected chi connectivity index (χ3v) is 7.91. The van der Waals surface area contributed by atoms with E-state index in [9.17, 15) is 13.2 Å². The first-order valence-electron chi connectivity index (χ1n) is 10.8. The van der Waals surface area contributed by atoms with Crippen molar-refractivity contribution >= 4 is 37.6 Å². The van der Waals surface area contributed by atoms with Gasteiger partial charge < -0.3 is 0 Å². The van der Waals surface area contributed by atoms with Crippen LogP contribution in [0.5, 0.6) is 0 Å². The molecule has 0 bridgehead atoms. The Balaban J connectivity index is 1.73. The van der Waals surface area contributed by atoms with Crippen LogP contribution >= 0.6 is 0 Å². The number of rotatable bonds is 5. The highest BCUT2D eigenvalue weighted by Crippen LogP contribution is 2.30. The molecule has 0 amide bonds. The molecule has 5 rings (SSSR count). The van der Waals surface area contributed by atoms with E-state index in [-0.39, 0.29) is 11.4 Å². The summed E-state index contributed by atoms with van der Waals surface area (Å²) in [4.78, 5) is 22.1. The predicted molar refractivity (Wildman–Crippen MR) is 135 cm³/mol. The molecule has 2 aromatic carbocycles. The molecule has 0 aliphatic rings. The van der Waals surface area contributed by atoms with E-state index >= 15 is 0 Å². The molecule has 9 heteroatoms. The molecule has 0 fully saturated rings. The fraction of sp³-hybridized carbons (Fsp3) is 0.160. The lowest BCUT2D eigenvalue weighted by molar-refractivity contribution is 0.595. The third-order valence-electron chi connectivity index (χ3n) is 6.13. The van der Waals surface area contributed by atoms with Gasteiger partial charge in [0.1, 0.15) is 0 Å². The van der Waals surface area contributed by atoms with Gasteiger partial charge in [0.2, 0.25) is 10.0 Å². The first-order chi connectivity index (χ1) is 16.3. The number of hydrogen-bond acceptors (Lipinski definition) is 5. The Bertz CT molecular complexity index is 1690. The van der Waals surface area contributed by atoms with Crippen LogP contribution in [0.1, 0.15) is 6.92 Å². The van der Waals surface area contributed by atoms with Gasteiger partial charge in [0.25, 0.3) is 0 Å². The molecular weight excluding hydrogens is 450 g/mol. The van der Waals surface area contributed by atoms with Crippen molar-refractivity contribution < 1.29 is 8.42 Å². The molecule has 3 heterocycles. The summed E-state index contributed by atoms with van der Waals surface area (Å²) in [6.07, 6.45) is 5.23. The van der Waals surface area contributed by atoms with Gasteiger partial charge in [-0.05, 0) is 55.0 Å². The number of aromatic nitrogens is 4. The second-order valence-corrected chi connectivity index (χ2v) is 10.3. The van der Waals surface area contributed by atoms with Crippen molar-refractivity contribution in [3.05, 3.63) is 83.7 Å². The smallest absolute Gasteiger partial charge is 0.293 e. The SMILES string of the molecule is CCS(=O)(=O)N(C)c1ccc(-n2c(=O)n(C)c3cnc4ccc(-c5cccnc5)cc4c32)cc1. The van der Waals surface area contributed by atoms with Crippen LogP contribution in [0, 0.1) is 0 Å². The summed E-state index contributed by atoms with van der Waals surface area (Å²) >= 11 is 0. The molecule has 0 aliphatic heterocycles. The van der Waals surface area contributed by atoms with E-state index in [4.69, 9.17) is 0 Å². The van der Waals surface area contributed by atoms with Crippen LogP contribution in [0.25, 0.3) is 38.8 Å². The van der Waals surface area contributed by atoms with Crippen LogP contribution in [0.4, 0.5) is 5.69 Å². The summed E-state index contributed by atoms with van der Waals surface area (Å²) in [6.45, 7) is 1.61. The Labute approximate surface area is 196 Å². The highest BCUT2D eigenvalue weighted by atomic mass is 32.2. The van der Waals surface area contributed by atoms with Crippen LogP contribution in [0.3, 0.4) is 0 Å². The summed E-state index contributed by atoms with van der Waals surface area (Å²) in [5, 5.41) is 0.839. The number of nitrogens with zero attached hydrogens (tertiary/aromatic N) is 5. The second-order valence-electron chi connectivity index (χ2n) is 8.03. The zero-order valence-corrected chi connectivity index (χ0v) is 19.8. The number of benzene rings is 2. The molecule has 0 spiro atoms. The monoisotopic (exact) mass is 473 g/mol. The van der Waals surface area contributed by atoms with Crippen molar-refractivity contribution in [2.45, 2.75) is 6.92 Å². The van der Waals surface area contributed by atoms with Crippen molar-refractivity contribution in [3.63, 3.8) is 0 Å². The molecule has 0 saturated heterocycles. The largest absolute Gasteiger partial charge is 0.333 e. The number of anilines is 1. The minimum absolute atomic E-state index is 0.00624. The normalized spacial score (nSPS) is 11.9. The third kappa shape index (κ3) is 3.45. The average Bonchev–Trinajstić information content (AvgIpc) is 3.14. The van der Waals surface area contributed by atoms with Crippen molar-refractivity contribution in [2.75, 3.05) is 17.1 Å². The van der Waals surface area contributed by atoms with Gasteiger partial charge in [-0.3, -0.25) is 23.4 Å². The fourth-order valence-corrected chi connectivity index (χ4v) is 4.95. The molecule has 0 aliphatic carbocycles. The van der Waals surface area contributed by atoms with Crippen LogP contribution in [0.2, 0.25) is 0 Å².